The highest BCUT2D eigenvalue weighted by molar-refractivity contribution is 5.41. The van der Waals surface area contributed by atoms with Crippen molar-refractivity contribution < 1.29 is 14.9 Å². The van der Waals surface area contributed by atoms with Gasteiger partial charge in [0.2, 0.25) is 0 Å². The molecule has 3 nitrogen and oxygen atoms in total. The SMILES string of the molecule is C[C@H]1C[C@@H](c2ccc(O)cc2O)CCO1. The van der Waals surface area contributed by atoms with Gasteiger partial charge >= 0.3 is 0 Å². The summed E-state index contributed by atoms with van der Waals surface area (Å²) in [5, 5.41) is 18.9. The van der Waals surface area contributed by atoms with Crippen LogP contribution in [0, 0.1) is 0 Å². The van der Waals surface area contributed by atoms with Crippen LogP contribution in [0.2, 0.25) is 0 Å². The number of benzene rings is 1. The molecule has 1 aromatic rings. The summed E-state index contributed by atoms with van der Waals surface area (Å²) in [6.07, 6.45) is 2.11. The molecule has 0 unspecified atom stereocenters. The molecule has 0 amide bonds. The van der Waals surface area contributed by atoms with Crippen LogP contribution >= 0.6 is 0 Å². The van der Waals surface area contributed by atoms with E-state index >= 15 is 0 Å². The first-order valence-corrected chi connectivity index (χ1v) is 5.30. The Morgan fingerprint density at radius 1 is 1.33 bits per heavy atom. The zero-order valence-electron chi connectivity index (χ0n) is 8.81. The van der Waals surface area contributed by atoms with Crippen molar-refractivity contribution in [3.8, 4) is 11.5 Å². The molecule has 1 aromatic carbocycles. The molecule has 0 aliphatic carbocycles. The fourth-order valence-electron chi connectivity index (χ4n) is 2.16. The van der Waals surface area contributed by atoms with Crippen molar-refractivity contribution in [3.63, 3.8) is 0 Å². The predicted molar refractivity (Wildman–Crippen MR) is 57.2 cm³/mol. The van der Waals surface area contributed by atoms with Crippen LogP contribution in [0.5, 0.6) is 11.5 Å². The third-order valence-electron chi connectivity index (χ3n) is 2.94. The fourth-order valence-corrected chi connectivity index (χ4v) is 2.16. The minimum absolute atomic E-state index is 0.108. The molecule has 1 heterocycles. The lowest BCUT2D eigenvalue weighted by molar-refractivity contribution is 0.0183. The van der Waals surface area contributed by atoms with Gasteiger partial charge in [-0.05, 0) is 37.3 Å². The summed E-state index contributed by atoms with van der Waals surface area (Å²) >= 11 is 0. The Kier molecular flexibility index (Phi) is 2.82. The molecule has 3 heteroatoms. The van der Waals surface area contributed by atoms with Gasteiger partial charge in [-0.15, -0.1) is 0 Å². The second-order valence-corrected chi connectivity index (χ2v) is 4.15. The first-order chi connectivity index (χ1) is 7.16. The Hall–Kier alpha value is -1.22. The topological polar surface area (TPSA) is 49.7 Å². The molecule has 0 aromatic heterocycles. The van der Waals surface area contributed by atoms with Crippen LogP contribution < -0.4 is 0 Å². The van der Waals surface area contributed by atoms with Crippen molar-refractivity contribution in [2.45, 2.75) is 31.8 Å². The Morgan fingerprint density at radius 3 is 2.80 bits per heavy atom. The number of rotatable bonds is 1. The Morgan fingerprint density at radius 2 is 2.13 bits per heavy atom. The van der Waals surface area contributed by atoms with Crippen molar-refractivity contribution in [2.75, 3.05) is 6.61 Å². The maximum atomic E-state index is 9.73. The Balaban J connectivity index is 2.21. The van der Waals surface area contributed by atoms with Crippen LogP contribution in [-0.4, -0.2) is 22.9 Å². The number of ether oxygens (including phenoxy) is 1. The summed E-state index contributed by atoms with van der Waals surface area (Å²) < 4.78 is 5.46. The van der Waals surface area contributed by atoms with Gasteiger partial charge in [0.15, 0.2) is 0 Å². The molecule has 82 valence electrons. The van der Waals surface area contributed by atoms with Crippen molar-refractivity contribution in [1.29, 1.82) is 0 Å². The van der Waals surface area contributed by atoms with E-state index in [1.807, 2.05) is 6.92 Å². The molecule has 0 radical (unpaired) electrons. The van der Waals surface area contributed by atoms with Crippen LogP contribution in [-0.2, 0) is 4.74 Å². The smallest absolute Gasteiger partial charge is 0.122 e. The second-order valence-electron chi connectivity index (χ2n) is 4.15. The average Bonchev–Trinajstić information content (AvgIpc) is 2.17. The van der Waals surface area contributed by atoms with Gasteiger partial charge in [-0.3, -0.25) is 0 Å². The highest BCUT2D eigenvalue weighted by Crippen LogP contribution is 2.36. The van der Waals surface area contributed by atoms with Gasteiger partial charge in [0.1, 0.15) is 11.5 Å². The van der Waals surface area contributed by atoms with E-state index in [1.165, 1.54) is 6.07 Å². The molecule has 0 saturated carbocycles. The first kappa shape index (κ1) is 10.3. The molecule has 15 heavy (non-hydrogen) atoms. The average molecular weight is 208 g/mol. The van der Waals surface area contributed by atoms with E-state index in [-0.39, 0.29) is 17.6 Å². The highest BCUT2D eigenvalue weighted by Gasteiger charge is 2.23. The molecular formula is C12H16O3. The summed E-state index contributed by atoms with van der Waals surface area (Å²) in [4.78, 5) is 0. The van der Waals surface area contributed by atoms with Gasteiger partial charge in [-0.1, -0.05) is 6.07 Å². The van der Waals surface area contributed by atoms with E-state index in [0.29, 0.717) is 5.92 Å². The monoisotopic (exact) mass is 208 g/mol. The number of hydrogen-bond donors (Lipinski definition) is 2. The molecule has 1 aliphatic heterocycles. The van der Waals surface area contributed by atoms with Crippen molar-refractivity contribution >= 4 is 0 Å². The number of hydrogen-bond acceptors (Lipinski definition) is 3. The van der Waals surface area contributed by atoms with Crippen molar-refractivity contribution in [2.24, 2.45) is 0 Å². The van der Waals surface area contributed by atoms with E-state index in [9.17, 15) is 10.2 Å². The quantitative estimate of drug-likeness (QED) is 0.745. The summed E-state index contributed by atoms with van der Waals surface area (Å²) in [6, 6.07) is 4.82. The van der Waals surface area contributed by atoms with Crippen LogP contribution in [0.1, 0.15) is 31.2 Å². The minimum Gasteiger partial charge on any atom is -0.508 e. The Labute approximate surface area is 89.3 Å². The molecule has 1 saturated heterocycles. The molecule has 0 bridgehead atoms. The zero-order chi connectivity index (χ0) is 10.8. The molecular weight excluding hydrogens is 192 g/mol. The van der Waals surface area contributed by atoms with Gasteiger partial charge < -0.3 is 14.9 Å². The summed E-state index contributed by atoms with van der Waals surface area (Å²) in [5.41, 5.74) is 0.919. The highest BCUT2D eigenvalue weighted by atomic mass is 16.5. The maximum absolute atomic E-state index is 9.73. The van der Waals surface area contributed by atoms with Gasteiger partial charge in [0.25, 0.3) is 0 Å². The molecule has 1 fully saturated rings. The number of aromatic hydroxyl groups is 2. The predicted octanol–water partition coefficient (Wildman–Crippen LogP) is 2.38. The molecule has 2 rings (SSSR count). The summed E-state index contributed by atoms with van der Waals surface area (Å²) in [7, 11) is 0. The summed E-state index contributed by atoms with van der Waals surface area (Å²) in [6.45, 7) is 2.79. The van der Waals surface area contributed by atoms with E-state index < -0.39 is 0 Å². The zero-order valence-corrected chi connectivity index (χ0v) is 8.81. The van der Waals surface area contributed by atoms with Crippen LogP contribution in [0.4, 0.5) is 0 Å². The molecule has 2 atom stereocenters. The number of phenols is 2. The molecule has 2 N–H and O–H groups in total. The van der Waals surface area contributed by atoms with Gasteiger partial charge in [0.05, 0.1) is 6.10 Å². The third kappa shape index (κ3) is 2.23. The number of phenolic OH excluding ortho intramolecular Hbond substituents is 2. The fraction of sp³-hybridized carbons (Fsp3) is 0.500. The standard InChI is InChI=1S/C12H16O3/c1-8-6-9(4-5-15-8)11-3-2-10(13)7-12(11)14/h2-3,7-9,13-14H,4-6H2,1H3/t8-,9-/m0/s1. The van der Waals surface area contributed by atoms with E-state index in [0.717, 1.165) is 25.0 Å². The van der Waals surface area contributed by atoms with E-state index in [4.69, 9.17) is 4.74 Å². The van der Waals surface area contributed by atoms with Gasteiger partial charge in [-0.25, -0.2) is 0 Å². The maximum Gasteiger partial charge on any atom is 0.122 e. The van der Waals surface area contributed by atoms with Crippen molar-refractivity contribution in [1.82, 2.24) is 0 Å². The first-order valence-electron chi connectivity index (χ1n) is 5.30. The molecule has 0 spiro atoms. The van der Waals surface area contributed by atoms with Crippen molar-refractivity contribution in [3.05, 3.63) is 23.8 Å². The molecule has 1 aliphatic rings. The van der Waals surface area contributed by atoms with Gasteiger partial charge in [-0.2, -0.15) is 0 Å². The van der Waals surface area contributed by atoms with Gasteiger partial charge in [0, 0.05) is 12.7 Å². The summed E-state index contributed by atoms with van der Waals surface area (Å²) in [5.74, 6) is 0.639. The van der Waals surface area contributed by atoms with E-state index in [1.54, 1.807) is 12.1 Å². The largest absolute Gasteiger partial charge is 0.508 e. The minimum atomic E-state index is 0.108. The van der Waals surface area contributed by atoms with Crippen LogP contribution in [0.25, 0.3) is 0 Å². The second kappa shape index (κ2) is 4.11. The lowest BCUT2D eigenvalue weighted by atomic mass is 9.88. The van der Waals surface area contributed by atoms with Crippen LogP contribution in [0.3, 0.4) is 0 Å². The van der Waals surface area contributed by atoms with Crippen LogP contribution in [0.15, 0.2) is 18.2 Å². The van der Waals surface area contributed by atoms with E-state index in [2.05, 4.69) is 0 Å². The lowest BCUT2D eigenvalue weighted by Crippen LogP contribution is -2.21. The third-order valence-corrected chi connectivity index (χ3v) is 2.94. The lowest BCUT2D eigenvalue weighted by Gasteiger charge is -2.27. The Bertz CT molecular complexity index is 349. The normalized spacial score (nSPS) is 26.5.